The summed E-state index contributed by atoms with van der Waals surface area (Å²) in [4.78, 5) is 12.0. The van der Waals surface area contributed by atoms with Crippen molar-refractivity contribution in [3.05, 3.63) is 35.4 Å². The summed E-state index contributed by atoms with van der Waals surface area (Å²) in [5.41, 5.74) is 2.50. The molecule has 1 unspecified atom stereocenters. The van der Waals surface area contributed by atoms with Crippen molar-refractivity contribution in [1.82, 2.24) is 10.6 Å². The van der Waals surface area contributed by atoms with E-state index in [0.717, 1.165) is 18.7 Å². The Morgan fingerprint density at radius 2 is 1.89 bits per heavy atom. The number of amides is 1. The number of rotatable bonds is 5. The van der Waals surface area contributed by atoms with Gasteiger partial charge in [0.1, 0.15) is 0 Å². The molecule has 3 heteroatoms. The lowest BCUT2D eigenvalue weighted by atomic mass is 9.88. The first-order valence-electron chi connectivity index (χ1n) is 7.15. The van der Waals surface area contributed by atoms with Crippen molar-refractivity contribution in [2.75, 3.05) is 13.1 Å². The van der Waals surface area contributed by atoms with Gasteiger partial charge in [-0.3, -0.25) is 4.79 Å². The fourth-order valence-corrected chi connectivity index (χ4v) is 2.25. The van der Waals surface area contributed by atoms with E-state index < -0.39 is 0 Å². The van der Waals surface area contributed by atoms with E-state index in [2.05, 4.69) is 48.7 Å². The van der Waals surface area contributed by atoms with Gasteiger partial charge >= 0.3 is 0 Å². The molecule has 2 rings (SSSR count). The van der Waals surface area contributed by atoms with Gasteiger partial charge in [-0.1, -0.05) is 45.0 Å². The zero-order valence-corrected chi connectivity index (χ0v) is 12.1. The molecule has 104 valence electrons. The second kappa shape index (κ2) is 6.20. The fraction of sp³-hybridized carbons (Fsp3) is 0.562. The fourth-order valence-electron chi connectivity index (χ4n) is 2.25. The summed E-state index contributed by atoms with van der Waals surface area (Å²) in [5.74, 6) is 1.33. The molecule has 1 heterocycles. The molecule has 0 radical (unpaired) electrons. The van der Waals surface area contributed by atoms with E-state index in [1.807, 2.05) is 6.92 Å². The van der Waals surface area contributed by atoms with E-state index in [-0.39, 0.29) is 11.8 Å². The Balaban J connectivity index is 1.82. The molecule has 1 aromatic carbocycles. The summed E-state index contributed by atoms with van der Waals surface area (Å²) in [6.45, 7) is 8.95. The maximum absolute atomic E-state index is 12.0. The second-order valence-electron chi connectivity index (χ2n) is 5.82. The van der Waals surface area contributed by atoms with Crippen molar-refractivity contribution >= 4 is 5.91 Å². The Morgan fingerprint density at radius 1 is 1.26 bits per heavy atom. The first-order valence-corrected chi connectivity index (χ1v) is 7.15. The molecule has 1 aromatic rings. The first kappa shape index (κ1) is 14.1. The SMILES string of the molecule is CC(C)c1ccc(CNC(=O)C(C)C2CNC2)cc1. The third-order valence-electron chi connectivity index (χ3n) is 4.05. The van der Waals surface area contributed by atoms with Crippen LogP contribution in [0.4, 0.5) is 0 Å². The summed E-state index contributed by atoms with van der Waals surface area (Å²) in [5, 5.41) is 6.24. The van der Waals surface area contributed by atoms with Gasteiger partial charge in [0.05, 0.1) is 0 Å². The molecule has 1 aliphatic heterocycles. The van der Waals surface area contributed by atoms with E-state index >= 15 is 0 Å². The maximum atomic E-state index is 12.0. The molecule has 0 aliphatic carbocycles. The minimum absolute atomic E-state index is 0.108. The smallest absolute Gasteiger partial charge is 0.223 e. The average molecular weight is 260 g/mol. The predicted molar refractivity (Wildman–Crippen MR) is 77.9 cm³/mol. The Labute approximate surface area is 115 Å². The van der Waals surface area contributed by atoms with Crippen molar-refractivity contribution < 1.29 is 4.79 Å². The number of carbonyl (C=O) groups excluding carboxylic acids is 1. The molecule has 1 fully saturated rings. The normalized spacial score (nSPS) is 17.1. The molecule has 0 bridgehead atoms. The first-order chi connectivity index (χ1) is 9.08. The van der Waals surface area contributed by atoms with Crippen LogP contribution in [0.5, 0.6) is 0 Å². The van der Waals surface area contributed by atoms with Gasteiger partial charge in [-0.2, -0.15) is 0 Å². The van der Waals surface area contributed by atoms with Crippen LogP contribution in [0, 0.1) is 11.8 Å². The molecule has 0 aromatic heterocycles. The number of hydrogen-bond acceptors (Lipinski definition) is 2. The van der Waals surface area contributed by atoms with Crippen LogP contribution >= 0.6 is 0 Å². The molecule has 1 amide bonds. The summed E-state index contributed by atoms with van der Waals surface area (Å²) in [7, 11) is 0. The van der Waals surface area contributed by atoms with Gasteiger partial charge in [0.15, 0.2) is 0 Å². The van der Waals surface area contributed by atoms with Gasteiger partial charge in [-0.25, -0.2) is 0 Å². The molecular formula is C16H24N2O. The highest BCUT2D eigenvalue weighted by atomic mass is 16.1. The lowest BCUT2D eigenvalue weighted by molar-refractivity contribution is -0.126. The number of nitrogens with one attached hydrogen (secondary N) is 2. The highest BCUT2D eigenvalue weighted by molar-refractivity contribution is 5.78. The Morgan fingerprint density at radius 3 is 2.37 bits per heavy atom. The van der Waals surface area contributed by atoms with Gasteiger partial charge in [-0.15, -0.1) is 0 Å². The summed E-state index contributed by atoms with van der Waals surface area (Å²) >= 11 is 0. The van der Waals surface area contributed by atoms with Gasteiger partial charge in [0.25, 0.3) is 0 Å². The van der Waals surface area contributed by atoms with Crippen molar-refractivity contribution in [3.8, 4) is 0 Å². The number of benzene rings is 1. The highest BCUT2D eigenvalue weighted by Crippen LogP contribution is 2.17. The van der Waals surface area contributed by atoms with Crippen LogP contribution in [-0.2, 0) is 11.3 Å². The summed E-state index contributed by atoms with van der Waals surface area (Å²) < 4.78 is 0. The van der Waals surface area contributed by atoms with Crippen LogP contribution in [0.15, 0.2) is 24.3 Å². The van der Waals surface area contributed by atoms with Crippen LogP contribution < -0.4 is 10.6 Å². The summed E-state index contributed by atoms with van der Waals surface area (Å²) in [6.07, 6.45) is 0. The van der Waals surface area contributed by atoms with Crippen molar-refractivity contribution in [2.24, 2.45) is 11.8 Å². The zero-order chi connectivity index (χ0) is 13.8. The molecule has 2 N–H and O–H groups in total. The third kappa shape index (κ3) is 3.57. The van der Waals surface area contributed by atoms with E-state index in [9.17, 15) is 4.79 Å². The van der Waals surface area contributed by atoms with Crippen LogP contribution in [0.2, 0.25) is 0 Å². The molecule has 19 heavy (non-hydrogen) atoms. The molecule has 0 spiro atoms. The lowest BCUT2D eigenvalue weighted by Gasteiger charge is -2.31. The van der Waals surface area contributed by atoms with Gasteiger partial charge < -0.3 is 10.6 Å². The van der Waals surface area contributed by atoms with Gasteiger partial charge in [0, 0.05) is 12.5 Å². The predicted octanol–water partition coefficient (Wildman–Crippen LogP) is 2.28. The van der Waals surface area contributed by atoms with E-state index in [1.165, 1.54) is 5.56 Å². The van der Waals surface area contributed by atoms with E-state index in [1.54, 1.807) is 0 Å². The van der Waals surface area contributed by atoms with Gasteiger partial charge in [-0.05, 0) is 36.1 Å². The maximum Gasteiger partial charge on any atom is 0.223 e. The topological polar surface area (TPSA) is 41.1 Å². The van der Waals surface area contributed by atoms with Crippen LogP contribution in [-0.4, -0.2) is 19.0 Å². The monoisotopic (exact) mass is 260 g/mol. The minimum Gasteiger partial charge on any atom is -0.352 e. The molecule has 1 atom stereocenters. The molecule has 0 saturated carbocycles. The van der Waals surface area contributed by atoms with Crippen molar-refractivity contribution in [3.63, 3.8) is 0 Å². The lowest BCUT2D eigenvalue weighted by Crippen LogP contribution is -2.49. The van der Waals surface area contributed by atoms with E-state index in [4.69, 9.17) is 0 Å². The van der Waals surface area contributed by atoms with Crippen LogP contribution in [0.25, 0.3) is 0 Å². The molecule has 1 saturated heterocycles. The van der Waals surface area contributed by atoms with Crippen LogP contribution in [0.3, 0.4) is 0 Å². The Bertz CT molecular complexity index is 421. The van der Waals surface area contributed by atoms with Crippen molar-refractivity contribution in [2.45, 2.75) is 33.2 Å². The van der Waals surface area contributed by atoms with Crippen LogP contribution in [0.1, 0.15) is 37.8 Å². The Hall–Kier alpha value is -1.35. The largest absolute Gasteiger partial charge is 0.352 e. The number of hydrogen-bond donors (Lipinski definition) is 2. The molecular weight excluding hydrogens is 236 g/mol. The minimum atomic E-state index is 0.108. The number of carbonyl (C=O) groups is 1. The molecule has 3 nitrogen and oxygen atoms in total. The quantitative estimate of drug-likeness (QED) is 0.853. The van der Waals surface area contributed by atoms with Crippen molar-refractivity contribution in [1.29, 1.82) is 0 Å². The highest BCUT2D eigenvalue weighted by Gasteiger charge is 2.28. The average Bonchev–Trinajstić information content (AvgIpc) is 2.34. The van der Waals surface area contributed by atoms with E-state index in [0.29, 0.717) is 18.4 Å². The Kier molecular flexibility index (Phi) is 4.59. The third-order valence-corrected chi connectivity index (χ3v) is 4.05. The zero-order valence-electron chi connectivity index (χ0n) is 12.1. The molecule has 1 aliphatic rings. The second-order valence-corrected chi connectivity index (χ2v) is 5.82. The van der Waals surface area contributed by atoms with Gasteiger partial charge in [0.2, 0.25) is 5.91 Å². The standard InChI is InChI=1S/C16H24N2O/c1-11(2)14-6-4-13(5-7-14)8-18-16(19)12(3)15-9-17-10-15/h4-7,11-12,15,17H,8-10H2,1-3H3,(H,18,19). The summed E-state index contributed by atoms with van der Waals surface area (Å²) in [6, 6.07) is 8.49.